The van der Waals surface area contributed by atoms with Crippen molar-refractivity contribution in [2.75, 3.05) is 0 Å². The van der Waals surface area contributed by atoms with Crippen LogP contribution in [0.4, 0.5) is 0 Å². The summed E-state index contributed by atoms with van der Waals surface area (Å²) in [5.41, 5.74) is 3.14. The highest BCUT2D eigenvalue weighted by Crippen LogP contribution is 2.19. The first kappa shape index (κ1) is 13.1. The van der Waals surface area contributed by atoms with E-state index < -0.39 is 0 Å². The van der Waals surface area contributed by atoms with Gasteiger partial charge in [-0.05, 0) is 31.5 Å². The fraction of sp³-hybridized carbons (Fsp3) is 0.385. The summed E-state index contributed by atoms with van der Waals surface area (Å²) in [5, 5.41) is 8.53. The molecule has 2 aromatic rings. The van der Waals surface area contributed by atoms with Crippen LogP contribution in [-0.4, -0.2) is 14.8 Å². The molecule has 5 heteroatoms. The number of rotatable bonds is 5. The first-order valence-electron chi connectivity index (χ1n) is 6.03. The van der Waals surface area contributed by atoms with Gasteiger partial charge in [-0.15, -0.1) is 0 Å². The molecular weight excluding hydrogens is 248 g/mol. The SMILES string of the molecule is CCn1nc(C)c(Cl)c1CNCc1ccncc1. The maximum absolute atomic E-state index is 6.24. The topological polar surface area (TPSA) is 42.7 Å². The van der Waals surface area contributed by atoms with Crippen molar-refractivity contribution in [2.45, 2.75) is 33.5 Å². The highest BCUT2D eigenvalue weighted by Gasteiger charge is 2.11. The van der Waals surface area contributed by atoms with Crippen LogP contribution in [0.3, 0.4) is 0 Å². The van der Waals surface area contributed by atoms with Gasteiger partial charge in [-0.25, -0.2) is 0 Å². The Morgan fingerprint density at radius 2 is 2.00 bits per heavy atom. The summed E-state index contributed by atoms with van der Waals surface area (Å²) < 4.78 is 1.94. The minimum absolute atomic E-state index is 0.718. The molecular formula is C13H17ClN4. The van der Waals surface area contributed by atoms with Crippen LogP contribution in [0.15, 0.2) is 24.5 Å². The number of aryl methyl sites for hydroxylation is 2. The maximum Gasteiger partial charge on any atom is 0.0860 e. The van der Waals surface area contributed by atoms with Crippen molar-refractivity contribution in [3.05, 3.63) is 46.5 Å². The van der Waals surface area contributed by atoms with Crippen LogP contribution < -0.4 is 5.32 Å². The van der Waals surface area contributed by atoms with Gasteiger partial charge in [0.25, 0.3) is 0 Å². The van der Waals surface area contributed by atoms with Gasteiger partial charge >= 0.3 is 0 Å². The number of aromatic nitrogens is 3. The molecule has 0 aliphatic carbocycles. The van der Waals surface area contributed by atoms with E-state index >= 15 is 0 Å². The number of halogens is 1. The first-order chi connectivity index (χ1) is 8.72. The molecule has 18 heavy (non-hydrogen) atoms. The summed E-state index contributed by atoms with van der Waals surface area (Å²) in [6.45, 7) is 6.35. The van der Waals surface area contributed by atoms with E-state index in [0.29, 0.717) is 0 Å². The second-order valence-corrected chi connectivity index (χ2v) is 4.50. The summed E-state index contributed by atoms with van der Waals surface area (Å²) in [5.74, 6) is 0. The van der Waals surface area contributed by atoms with E-state index in [1.165, 1.54) is 5.56 Å². The molecule has 0 bridgehead atoms. The van der Waals surface area contributed by atoms with Gasteiger partial charge in [0.1, 0.15) is 0 Å². The van der Waals surface area contributed by atoms with Crippen LogP contribution in [0, 0.1) is 6.92 Å². The van der Waals surface area contributed by atoms with Crippen molar-refractivity contribution in [1.29, 1.82) is 0 Å². The van der Waals surface area contributed by atoms with E-state index in [1.54, 1.807) is 12.4 Å². The third-order valence-electron chi connectivity index (χ3n) is 2.82. The second-order valence-electron chi connectivity index (χ2n) is 4.12. The van der Waals surface area contributed by atoms with Gasteiger partial charge in [-0.3, -0.25) is 9.67 Å². The fourth-order valence-electron chi connectivity index (χ4n) is 1.86. The number of hydrogen-bond donors (Lipinski definition) is 1. The molecule has 4 nitrogen and oxygen atoms in total. The third kappa shape index (κ3) is 2.89. The molecule has 2 aromatic heterocycles. The number of nitrogens with one attached hydrogen (secondary N) is 1. The number of pyridine rings is 1. The Kier molecular flexibility index (Phi) is 4.33. The van der Waals surface area contributed by atoms with Gasteiger partial charge in [0.15, 0.2) is 0 Å². The van der Waals surface area contributed by atoms with Crippen molar-refractivity contribution >= 4 is 11.6 Å². The Morgan fingerprint density at radius 3 is 2.67 bits per heavy atom. The van der Waals surface area contributed by atoms with E-state index in [9.17, 15) is 0 Å². The van der Waals surface area contributed by atoms with Gasteiger partial charge in [-0.2, -0.15) is 5.10 Å². The van der Waals surface area contributed by atoms with Crippen LogP contribution in [0.2, 0.25) is 5.02 Å². The van der Waals surface area contributed by atoms with E-state index in [0.717, 1.165) is 36.0 Å². The van der Waals surface area contributed by atoms with E-state index in [-0.39, 0.29) is 0 Å². The minimum Gasteiger partial charge on any atom is -0.307 e. The monoisotopic (exact) mass is 264 g/mol. The summed E-state index contributed by atoms with van der Waals surface area (Å²) in [7, 11) is 0. The lowest BCUT2D eigenvalue weighted by molar-refractivity contribution is 0.579. The third-order valence-corrected chi connectivity index (χ3v) is 3.32. The average molecular weight is 265 g/mol. The Balaban J connectivity index is 1.98. The Morgan fingerprint density at radius 1 is 1.28 bits per heavy atom. The lowest BCUT2D eigenvalue weighted by atomic mass is 10.2. The standard InChI is InChI=1S/C13H17ClN4/c1-3-18-12(13(14)10(2)17-18)9-16-8-11-4-6-15-7-5-11/h4-7,16H,3,8-9H2,1-2H3. The van der Waals surface area contributed by atoms with Crippen LogP contribution in [0.25, 0.3) is 0 Å². The van der Waals surface area contributed by atoms with Crippen LogP contribution in [0.5, 0.6) is 0 Å². The first-order valence-corrected chi connectivity index (χ1v) is 6.41. The van der Waals surface area contributed by atoms with E-state index in [1.807, 2.05) is 23.7 Å². The molecule has 2 rings (SSSR count). The molecule has 0 fully saturated rings. The summed E-state index contributed by atoms with van der Waals surface area (Å²) >= 11 is 6.24. The van der Waals surface area contributed by atoms with Crippen molar-refractivity contribution in [3.8, 4) is 0 Å². The molecule has 0 saturated carbocycles. The zero-order valence-corrected chi connectivity index (χ0v) is 11.4. The zero-order chi connectivity index (χ0) is 13.0. The van der Waals surface area contributed by atoms with E-state index in [2.05, 4.69) is 22.3 Å². The highest BCUT2D eigenvalue weighted by molar-refractivity contribution is 6.31. The Labute approximate surface area is 112 Å². The van der Waals surface area contributed by atoms with Crippen LogP contribution in [0.1, 0.15) is 23.9 Å². The zero-order valence-electron chi connectivity index (χ0n) is 10.7. The quantitative estimate of drug-likeness (QED) is 0.903. The Hall–Kier alpha value is -1.39. The van der Waals surface area contributed by atoms with Crippen LogP contribution in [-0.2, 0) is 19.6 Å². The molecule has 0 amide bonds. The van der Waals surface area contributed by atoms with Gasteiger partial charge < -0.3 is 5.32 Å². The maximum atomic E-state index is 6.24. The molecule has 1 N–H and O–H groups in total. The predicted octanol–water partition coefficient (Wildman–Crippen LogP) is 2.55. The normalized spacial score (nSPS) is 10.8. The van der Waals surface area contributed by atoms with Crippen molar-refractivity contribution in [1.82, 2.24) is 20.1 Å². The van der Waals surface area contributed by atoms with Gasteiger partial charge in [0, 0.05) is 32.0 Å². The lowest BCUT2D eigenvalue weighted by Gasteiger charge is -2.07. The molecule has 96 valence electrons. The molecule has 0 aliphatic rings. The van der Waals surface area contributed by atoms with Gasteiger partial charge in [-0.1, -0.05) is 11.6 Å². The summed E-state index contributed by atoms with van der Waals surface area (Å²) in [6, 6.07) is 3.99. The number of nitrogens with zero attached hydrogens (tertiary/aromatic N) is 3. The molecule has 0 aromatic carbocycles. The van der Waals surface area contributed by atoms with Gasteiger partial charge in [0.05, 0.1) is 16.4 Å². The fourth-order valence-corrected chi connectivity index (χ4v) is 2.07. The summed E-state index contributed by atoms with van der Waals surface area (Å²) in [6.07, 6.45) is 3.59. The predicted molar refractivity (Wildman–Crippen MR) is 72.4 cm³/mol. The largest absolute Gasteiger partial charge is 0.307 e. The molecule has 0 atom stereocenters. The van der Waals surface area contributed by atoms with Crippen molar-refractivity contribution in [3.63, 3.8) is 0 Å². The molecule has 0 aliphatic heterocycles. The molecule has 0 saturated heterocycles. The van der Waals surface area contributed by atoms with Crippen LogP contribution >= 0.6 is 11.6 Å². The summed E-state index contributed by atoms with van der Waals surface area (Å²) in [4.78, 5) is 3.99. The molecule has 0 unspecified atom stereocenters. The van der Waals surface area contributed by atoms with Crippen molar-refractivity contribution in [2.24, 2.45) is 0 Å². The molecule has 0 radical (unpaired) electrons. The molecule has 0 spiro atoms. The van der Waals surface area contributed by atoms with E-state index in [4.69, 9.17) is 11.6 Å². The minimum atomic E-state index is 0.718. The van der Waals surface area contributed by atoms with Crippen molar-refractivity contribution < 1.29 is 0 Å². The smallest absolute Gasteiger partial charge is 0.0860 e. The molecule has 2 heterocycles. The average Bonchev–Trinajstić information content (AvgIpc) is 2.67. The Bertz CT molecular complexity index is 507. The highest BCUT2D eigenvalue weighted by atomic mass is 35.5. The number of hydrogen-bond acceptors (Lipinski definition) is 3. The van der Waals surface area contributed by atoms with Gasteiger partial charge in [0.2, 0.25) is 0 Å². The lowest BCUT2D eigenvalue weighted by Crippen LogP contribution is -2.16. The second kappa shape index (κ2) is 5.98.